The molecule has 2 aromatic heterocycles. The second-order valence-electron chi connectivity index (χ2n) is 6.86. The molecule has 3 N–H and O–H groups in total. The Morgan fingerprint density at radius 2 is 1.93 bits per heavy atom. The molecule has 30 heavy (non-hydrogen) atoms. The fraction of sp³-hybridized carbons (Fsp3) is 0.143. The first-order chi connectivity index (χ1) is 14.4. The van der Waals surface area contributed by atoms with Crippen LogP contribution in [0, 0.1) is 6.92 Å². The highest BCUT2D eigenvalue weighted by atomic mass is 16.3. The Kier molecular flexibility index (Phi) is 4.71. The summed E-state index contributed by atoms with van der Waals surface area (Å²) in [5, 5.41) is 2.93. The third-order valence-electron chi connectivity index (χ3n) is 4.96. The van der Waals surface area contributed by atoms with Gasteiger partial charge in [-0.15, -0.1) is 0 Å². The van der Waals surface area contributed by atoms with Gasteiger partial charge in [-0.05, 0) is 31.2 Å². The van der Waals surface area contributed by atoms with Gasteiger partial charge in [-0.2, -0.15) is 0 Å². The van der Waals surface area contributed by atoms with Crippen LogP contribution in [0.2, 0.25) is 0 Å². The summed E-state index contributed by atoms with van der Waals surface area (Å²) >= 11 is 0. The van der Waals surface area contributed by atoms with Gasteiger partial charge in [0.1, 0.15) is 17.9 Å². The molecule has 3 heterocycles. The minimum atomic E-state index is -0.813. The molecular weight excluding hydrogens is 388 g/mol. The van der Waals surface area contributed by atoms with E-state index in [1.165, 1.54) is 12.3 Å². The zero-order valence-corrected chi connectivity index (χ0v) is 16.0. The first-order valence-electron chi connectivity index (χ1n) is 9.14. The zero-order chi connectivity index (χ0) is 21.4. The molecule has 152 valence electrons. The minimum absolute atomic E-state index is 0.0429. The van der Waals surface area contributed by atoms with E-state index < -0.39 is 23.8 Å². The van der Waals surface area contributed by atoms with Gasteiger partial charge in [-0.3, -0.25) is 24.6 Å². The molecule has 0 aliphatic carbocycles. The number of primary amides is 1. The Hall–Kier alpha value is -4.14. The molecule has 0 saturated carbocycles. The summed E-state index contributed by atoms with van der Waals surface area (Å²) in [5.41, 5.74) is 7.19. The van der Waals surface area contributed by atoms with E-state index in [4.69, 9.17) is 10.2 Å². The van der Waals surface area contributed by atoms with Crippen LogP contribution in [-0.4, -0.2) is 33.2 Å². The number of carbonyl (C=O) groups excluding carboxylic acids is 4. The maximum atomic E-state index is 13.0. The summed E-state index contributed by atoms with van der Waals surface area (Å²) < 4.78 is 6.93. The van der Waals surface area contributed by atoms with Crippen LogP contribution in [0.15, 0.2) is 52.7 Å². The van der Waals surface area contributed by atoms with Gasteiger partial charge in [-0.1, -0.05) is 18.2 Å². The number of urea groups is 1. The van der Waals surface area contributed by atoms with Gasteiger partial charge in [-0.25, -0.2) is 4.79 Å². The molecule has 4 rings (SSSR count). The average Bonchev–Trinajstić information content (AvgIpc) is 3.30. The lowest BCUT2D eigenvalue weighted by molar-refractivity contribution is -0.130. The molecule has 9 nitrogen and oxygen atoms in total. The van der Waals surface area contributed by atoms with Crippen molar-refractivity contribution in [2.24, 2.45) is 5.73 Å². The molecule has 9 heteroatoms. The lowest BCUT2D eigenvalue weighted by atomic mass is 10.0. The van der Waals surface area contributed by atoms with Crippen molar-refractivity contribution in [2.75, 3.05) is 0 Å². The van der Waals surface area contributed by atoms with E-state index >= 15 is 0 Å². The highest BCUT2D eigenvalue weighted by Gasteiger charge is 2.36. The van der Waals surface area contributed by atoms with Gasteiger partial charge in [0.25, 0.3) is 11.8 Å². The van der Waals surface area contributed by atoms with E-state index in [0.717, 1.165) is 15.8 Å². The predicted octanol–water partition coefficient (Wildman–Crippen LogP) is 1.69. The summed E-state index contributed by atoms with van der Waals surface area (Å²) in [5.74, 6) is -1.63. The van der Waals surface area contributed by atoms with Gasteiger partial charge in [0, 0.05) is 22.2 Å². The number of nitrogens with zero attached hydrogens (tertiary/aromatic N) is 2. The number of benzene rings is 1. The Morgan fingerprint density at radius 1 is 1.17 bits per heavy atom. The fourth-order valence-corrected chi connectivity index (χ4v) is 3.54. The quantitative estimate of drug-likeness (QED) is 0.492. The van der Waals surface area contributed by atoms with Crippen LogP contribution >= 0.6 is 0 Å². The average molecular weight is 406 g/mol. The maximum Gasteiger partial charge on any atom is 0.331 e. The fourth-order valence-electron chi connectivity index (χ4n) is 3.54. The molecule has 0 bridgehead atoms. The summed E-state index contributed by atoms with van der Waals surface area (Å²) in [6.45, 7) is 1.62. The highest BCUT2D eigenvalue weighted by molar-refractivity contribution is 6.31. The van der Waals surface area contributed by atoms with Crippen molar-refractivity contribution in [3.63, 3.8) is 0 Å². The van der Waals surface area contributed by atoms with Gasteiger partial charge in [0.15, 0.2) is 0 Å². The molecular formula is C21H18N4O5. The molecule has 1 aromatic carbocycles. The number of para-hydroxylation sites is 1. The smallest absolute Gasteiger partial charge is 0.331 e. The van der Waals surface area contributed by atoms with Crippen LogP contribution < -0.4 is 11.1 Å². The van der Waals surface area contributed by atoms with Crippen molar-refractivity contribution < 1.29 is 23.6 Å². The number of nitrogens with one attached hydrogen (secondary N) is 1. The van der Waals surface area contributed by atoms with Gasteiger partial charge in [0.2, 0.25) is 5.91 Å². The molecule has 1 fully saturated rings. The van der Waals surface area contributed by atoms with E-state index in [2.05, 4.69) is 5.32 Å². The Balaban J connectivity index is 1.80. The number of rotatable bonds is 5. The van der Waals surface area contributed by atoms with Crippen LogP contribution in [0.25, 0.3) is 17.0 Å². The van der Waals surface area contributed by atoms with Crippen LogP contribution in [0.4, 0.5) is 4.79 Å². The number of nitrogens with two attached hydrogens (primary N) is 1. The van der Waals surface area contributed by atoms with Crippen molar-refractivity contribution in [3.8, 4) is 0 Å². The van der Waals surface area contributed by atoms with Crippen molar-refractivity contribution >= 4 is 40.7 Å². The SMILES string of the molecule is Cc1c(/C=C2/C(=O)NC(=O)N(Cc3ccco3)C2=O)c2ccccc2n1CC(N)=O. The summed E-state index contributed by atoms with van der Waals surface area (Å²) in [4.78, 5) is 50.0. The normalized spacial score (nSPS) is 15.8. The second kappa shape index (κ2) is 7.36. The van der Waals surface area contributed by atoms with Crippen molar-refractivity contribution in [3.05, 3.63) is 65.3 Å². The third-order valence-corrected chi connectivity index (χ3v) is 4.96. The van der Waals surface area contributed by atoms with Crippen LogP contribution in [0.3, 0.4) is 0 Å². The van der Waals surface area contributed by atoms with E-state index in [9.17, 15) is 19.2 Å². The summed E-state index contributed by atoms with van der Waals surface area (Å²) in [6, 6.07) is 9.73. The second-order valence-corrected chi connectivity index (χ2v) is 6.86. The molecule has 0 spiro atoms. The lowest BCUT2D eigenvalue weighted by Crippen LogP contribution is -2.53. The number of carbonyl (C=O) groups is 4. The summed E-state index contributed by atoms with van der Waals surface area (Å²) in [6.07, 6.45) is 2.87. The predicted molar refractivity (Wildman–Crippen MR) is 107 cm³/mol. The number of barbiturate groups is 1. The number of imide groups is 2. The van der Waals surface area contributed by atoms with Crippen LogP contribution in [-0.2, 0) is 27.5 Å². The zero-order valence-electron chi connectivity index (χ0n) is 16.0. The number of hydrogen-bond donors (Lipinski definition) is 2. The highest BCUT2D eigenvalue weighted by Crippen LogP contribution is 2.29. The molecule has 1 aliphatic heterocycles. The molecule has 1 saturated heterocycles. The van der Waals surface area contributed by atoms with Crippen LogP contribution in [0.5, 0.6) is 0 Å². The number of aromatic nitrogens is 1. The number of fused-ring (bicyclic) bond motifs is 1. The van der Waals surface area contributed by atoms with Gasteiger partial charge in [0.05, 0.1) is 12.8 Å². The number of furan rings is 1. The van der Waals surface area contributed by atoms with Gasteiger partial charge >= 0.3 is 6.03 Å². The Morgan fingerprint density at radius 3 is 2.63 bits per heavy atom. The maximum absolute atomic E-state index is 13.0. The molecule has 3 aromatic rings. The molecule has 1 aliphatic rings. The van der Waals surface area contributed by atoms with Crippen molar-refractivity contribution in [1.29, 1.82) is 0 Å². The van der Waals surface area contributed by atoms with Crippen molar-refractivity contribution in [1.82, 2.24) is 14.8 Å². The van der Waals surface area contributed by atoms with Crippen LogP contribution in [0.1, 0.15) is 17.0 Å². The molecule has 0 unspecified atom stereocenters. The number of hydrogen-bond acceptors (Lipinski definition) is 5. The third kappa shape index (κ3) is 3.26. The Labute approximate surface area is 170 Å². The topological polar surface area (TPSA) is 128 Å². The van der Waals surface area contributed by atoms with E-state index in [0.29, 0.717) is 17.0 Å². The van der Waals surface area contributed by atoms with E-state index in [1.54, 1.807) is 23.6 Å². The first kappa shape index (κ1) is 19.2. The molecule has 0 atom stereocenters. The molecule has 5 amide bonds. The van der Waals surface area contributed by atoms with E-state index in [1.807, 2.05) is 24.3 Å². The number of amides is 5. The minimum Gasteiger partial charge on any atom is -0.467 e. The summed E-state index contributed by atoms with van der Waals surface area (Å²) in [7, 11) is 0. The van der Waals surface area contributed by atoms with E-state index in [-0.39, 0.29) is 18.7 Å². The molecule has 0 radical (unpaired) electrons. The largest absolute Gasteiger partial charge is 0.467 e. The van der Waals surface area contributed by atoms with Crippen molar-refractivity contribution in [2.45, 2.75) is 20.0 Å². The Bertz CT molecular complexity index is 1220. The monoisotopic (exact) mass is 406 g/mol. The van der Waals surface area contributed by atoms with Gasteiger partial charge < -0.3 is 14.7 Å². The lowest BCUT2D eigenvalue weighted by Gasteiger charge is -2.25. The standard InChI is InChI=1S/C21H18N4O5/c1-12-15(14-6-2-3-7-17(14)24(12)11-18(22)26)9-16-19(27)23-21(29)25(20(16)28)10-13-5-4-8-30-13/h2-9H,10-11H2,1H3,(H2,22,26)(H,23,27,29)/b16-9-. The first-order valence-corrected chi connectivity index (χ1v) is 9.14.